The van der Waals surface area contributed by atoms with E-state index in [-0.39, 0.29) is 0 Å². The highest BCUT2D eigenvalue weighted by Gasteiger charge is 2.28. The average Bonchev–Trinajstić information content (AvgIpc) is 2.97. The zero-order valence-corrected chi connectivity index (χ0v) is 13.4. The van der Waals surface area contributed by atoms with Crippen LogP contribution < -0.4 is 5.32 Å². The molecule has 0 radical (unpaired) electrons. The predicted octanol–water partition coefficient (Wildman–Crippen LogP) is 3.85. The Morgan fingerprint density at radius 3 is 2.50 bits per heavy atom. The van der Waals surface area contributed by atoms with Crippen molar-refractivity contribution in [1.29, 1.82) is 0 Å². The summed E-state index contributed by atoms with van der Waals surface area (Å²) in [6.45, 7) is 6.64. The molecule has 20 heavy (non-hydrogen) atoms. The van der Waals surface area contributed by atoms with E-state index in [0.717, 1.165) is 24.1 Å². The topological polar surface area (TPSA) is 51.0 Å². The quantitative estimate of drug-likeness (QED) is 0.859. The van der Waals surface area contributed by atoms with E-state index in [2.05, 4.69) is 31.2 Å². The monoisotopic (exact) mass is 279 g/mol. The van der Waals surface area contributed by atoms with Crippen molar-refractivity contribution in [2.24, 2.45) is 5.92 Å². The van der Waals surface area contributed by atoms with Gasteiger partial charge in [-0.15, -0.1) is 0 Å². The molecule has 1 aromatic rings. The minimum Gasteiger partial charge on any atom is -0.339 e. The Balaban J connectivity index is 2.01. The van der Waals surface area contributed by atoms with Gasteiger partial charge in [0.25, 0.3) is 0 Å². The number of hydrogen-bond donors (Lipinski definition) is 1. The number of nitrogens with zero attached hydrogens (tertiary/aromatic N) is 2. The molecule has 1 fully saturated rings. The molecule has 4 heteroatoms. The van der Waals surface area contributed by atoms with Gasteiger partial charge in [-0.3, -0.25) is 0 Å². The van der Waals surface area contributed by atoms with Crippen LogP contribution >= 0.6 is 0 Å². The van der Waals surface area contributed by atoms with Crippen LogP contribution in [0.15, 0.2) is 4.52 Å². The van der Waals surface area contributed by atoms with Gasteiger partial charge in [0.05, 0.1) is 5.92 Å². The lowest BCUT2D eigenvalue weighted by Gasteiger charge is -2.25. The fraction of sp³-hybridized carbons (Fsp3) is 0.875. The van der Waals surface area contributed by atoms with Crippen molar-refractivity contribution < 1.29 is 4.52 Å². The van der Waals surface area contributed by atoms with Crippen molar-refractivity contribution >= 4 is 0 Å². The fourth-order valence-corrected chi connectivity index (χ4v) is 3.34. The highest BCUT2D eigenvalue weighted by Crippen LogP contribution is 2.36. The first kappa shape index (κ1) is 15.5. The smallest absolute Gasteiger partial charge is 0.231 e. The van der Waals surface area contributed by atoms with Crippen LogP contribution in [-0.4, -0.2) is 23.2 Å². The molecule has 1 N–H and O–H groups in total. The standard InChI is InChI=1S/C16H29N3O/c1-5-12-7-9-13(10-8-12)15-18-16(20-19-15)14(6-2)11(3)17-4/h11-14,17H,5-10H2,1-4H3. The molecule has 2 rings (SSSR count). The first-order valence-electron chi connectivity index (χ1n) is 8.20. The second-order valence-electron chi connectivity index (χ2n) is 6.21. The van der Waals surface area contributed by atoms with Gasteiger partial charge < -0.3 is 9.84 Å². The fourth-order valence-electron chi connectivity index (χ4n) is 3.34. The molecule has 1 aliphatic carbocycles. The zero-order valence-electron chi connectivity index (χ0n) is 13.4. The van der Waals surface area contributed by atoms with E-state index < -0.39 is 0 Å². The van der Waals surface area contributed by atoms with Gasteiger partial charge in [0, 0.05) is 12.0 Å². The zero-order chi connectivity index (χ0) is 14.5. The number of rotatable bonds is 6. The summed E-state index contributed by atoms with van der Waals surface area (Å²) >= 11 is 0. The van der Waals surface area contributed by atoms with Crippen LogP contribution in [-0.2, 0) is 0 Å². The maximum atomic E-state index is 5.55. The summed E-state index contributed by atoms with van der Waals surface area (Å²) in [5, 5.41) is 7.55. The van der Waals surface area contributed by atoms with Gasteiger partial charge in [-0.05, 0) is 52.0 Å². The number of nitrogens with one attached hydrogen (secondary N) is 1. The molecule has 4 nitrogen and oxygen atoms in total. The van der Waals surface area contributed by atoms with Gasteiger partial charge in [0.1, 0.15) is 0 Å². The molecular formula is C16H29N3O. The third-order valence-corrected chi connectivity index (χ3v) is 5.06. The van der Waals surface area contributed by atoms with E-state index in [1.807, 2.05) is 7.05 Å². The van der Waals surface area contributed by atoms with Crippen molar-refractivity contribution in [3.05, 3.63) is 11.7 Å². The summed E-state index contributed by atoms with van der Waals surface area (Å²) in [6, 6.07) is 0.365. The lowest BCUT2D eigenvalue weighted by molar-refractivity contribution is 0.296. The molecule has 114 valence electrons. The van der Waals surface area contributed by atoms with E-state index in [1.54, 1.807) is 0 Å². The largest absolute Gasteiger partial charge is 0.339 e. The second-order valence-corrected chi connectivity index (χ2v) is 6.21. The van der Waals surface area contributed by atoms with Gasteiger partial charge in [0.2, 0.25) is 5.89 Å². The van der Waals surface area contributed by atoms with Crippen LogP contribution in [0.1, 0.15) is 82.8 Å². The maximum Gasteiger partial charge on any atom is 0.231 e. The van der Waals surface area contributed by atoms with Crippen LogP contribution in [0, 0.1) is 5.92 Å². The molecule has 0 amide bonds. The number of hydrogen-bond acceptors (Lipinski definition) is 4. The lowest BCUT2D eigenvalue weighted by Crippen LogP contribution is -2.28. The molecule has 0 saturated heterocycles. The van der Waals surface area contributed by atoms with E-state index in [1.165, 1.54) is 32.1 Å². The Labute approximate surface area is 122 Å². The van der Waals surface area contributed by atoms with E-state index in [4.69, 9.17) is 9.51 Å². The second kappa shape index (κ2) is 7.21. The van der Waals surface area contributed by atoms with Crippen LogP contribution in [0.3, 0.4) is 0 Å². The normalized spacial score (nSPS) is 26.4. The van der Waals surface area contributed by atoms with Crippen molar-refractivity contribution in [1.82, 2.24) is 15.5 Å². The Hall–Kier alpha value is -0.900. The minimum absolute atomic E-state index is 0.313. The van der Waals surface area contributed by atoms with Gasteiger partial charge in [-0.2, -0.15) is 4.98 Å². The molecule has 0 spiro atoms. The van der Waals surface area contributed by atoms with Crippen molar-refractivity contribution in [2.45, 2.75) is 77.2 Å². The average molecular weight is 279 g/mol. The summed E-state index contributed by atoms with van der Waals surface area (Å²) in [4.78, 5) is 4.71. The summed E-state index contributed by atoms with van der Waals surface area (Å²) in [7, 11) is 1.98. The van der Waals surface area contributed by atoms with Gasteiger partial charge in [0.15, 0.2) is 5.82 Å². The van der Waals surface area contributed by atoms with Gasteiger partial charge >= 0.3 is 0 Å². The van der Waals surface area contributed by atoms with E-state index >= 15 is 0 Å². The Kier molecular flexibility index (Phi) is 5.58. The Morgan fingerprint density at radius 1 is 1.25 bits per heavy atom. The summed E-state index contributed by atoms with van der Waals surface area (Å²) in [6.07, 6.45) is 7.39. The molecule has 0 bridgehead atoms. The van der Waals surface area contributed by atoms with E-state index in [0.29, 0.717) is 17.9 Å². The van der Waals surface area contributed by atoms with Gasteiger partial charge in [-0.1, -0.05) is 25.4 Å². The molecular weight excluding hydrogens is 250 g/mol. The lowest BCUT2D eigenvalue weighted by atomic mass is 9.80. The molecule has 2 atom stereocenters. The molecule has 1 aliphatic rings. The van der Waals surface area contributed by atoms with Crippen LogP contribution in [0.2, 0.25) is 0 Å². The SMILES string of the molecule is CCC1CCC(c2noc(C(CC)C(C)NC)n2)CC1. The highest BCUT2D eigenvalue weighted by atomic mass is 16.5. The number of likely N-dealkylation sites (N-methyl/N-ethyl adjacent to an activating group) is 1. The summed E-state index contributed by atoms with van der Waals surface area (Å²) in [5.74, 6) is 3.48. The Bertz CT molecular complexity index is 396. The van der Waals surface area contributed by atoms with Crippen LogP contribution in [0.5, 0.6) is 0 Å². The van der Waals surface area contributed by atoms with Crippen molar-refractivity contribution in [3.63, 3.8) is 0 Å². The van der Waals surface area contributed by atoms with Crippen LogP contribution in [0.25, 0.3) is 0 Å². The van der Waals surface area contributed by atoms with Crippen LogP contribution in [0.4, 0.5) is 0 Å². The van der Waals surface area contributed by atoms with E-state index in [9.17, 15) is 0 Å². The van der Waals surface area contributed by atoms with Gasteiger partial charge in [-0.25, -0.2) is 0 Å². The molecule has 1 aromatic heterocycles. The minimum atomic E-state index is 0.313. The molecule has 0 aliphatic heterocycles. The first-order chi connectivity index (χ1) is 9.69. The highest BCUT2D eigenvalue weighted by molar-refractivity contribution is 5.02. The summed E-state index contributed by atoms with van der Waals surface area (Å²) < 4.78 is 5.55. The molecule has 0 aromatic carbocycles. The Morgan fingerprint density at radius 2 is 1.95 bits per heavy atom. The first-order valence-corrected chi connectivity index (χ1v) is 8.20. The predicted molar refractivity (Wildman–Crippen MR) is 80.8 cm³/mol. The summed E-state index contributed by atoms with van der Waals surface area (Å²) in [5.41, 5.74) is 0. The maximum absolute atomic E-state index is 5.55. The third kappa shape index (κ3) is 3.40. The molecule has 1 heterocycles. The molecule has 2 unspecified atom stereocenters. The van der Waals surface area contributed by atoms with Crippen molar-refractivity contribution in [2.75, 3.05) is 7.05 Å². The van der Waals surface area contributed by atoms with Crippen molar-refractivity contribution in [3.8, 4) is 0 Å². The number of aromatic nitrogens is 2. The molecule has 1 saturated carbocycles. The third-order valence-electron chi connectivity index (χ3n) is 5.06.